The van der Waals surface area contributed by atoms with Crippen molar-refractivity contribution in [1.29, 1.82) is 0 Å². The molecule has 3 aromatic rings. The van der Waals surface area contributed by atoms with Crippen molar-refractivity contribution in [3.05, 3.63) is 72.1 Å². The summed E-state index contributed by atoms with van der Waals surface area (Å²) in [6.07, 6.45) is 5.31. The third-order valence-corrected chi connectivity index (χ3v) is 4.72. The molecule has 2 aromatic carbocycles. The van der Waals surface area contributed by atoms with E-state index in [2.05, 4.69) is 64.6 Å². The first-order valence-corrected chi connectivity index (χ1v) is 8.18. The zero-order valence-corrected chi connectivity index (χ0v) is 13.4. The van der Waals surface area contributed by atoms with E-state index in [9.17, 15) is 0 Å². The highest BCUT2D eigenvalue weighted by molar-refractivity contribution is 5.85. The van der Waals surface area contributed by atoms with Crippen LogP contribution >= 0.6 is 0 Å². The number of fused-ring (bicyclic) bond motifs is 1. The van der Waals surface area contributed by atoms with E-state index in [1.165, 1.54) is 27.6 Å². The van der Waals surface area contributed by atoms with Gasteiger partial charge < -0.3 is 0 Å². The average molecular weight is 303 g/mol. The molecule has 0 unspecified atom stereocenters. The Kier molecular flexibility index (Phi) is 3.72. The number of aromatic nitrogens is 2. The predicted molar refractivity (Wildman–Crippen MR) is 95.0 cm³/mol. The first-order valence-electron chi connectivity index (χ1n) is 8.18. The van der Waals surface area contributed by atoms with Crippen LogP contribution in [-0.4, -0.2) is 27.8 Å². The third kappa shape index (κ3) is 2.80. The van der Waals surface area contributed by atoms with Crippen molar-refractivity contribution in [3.8, 4) is 0 Å². The van der Waals surface area contributed by atoms with Gasteiger partial charge in [-0.1, -0.05) is 48.5 Å². The summed E-state index contributed by atoms with van der Waals surface area (Å²) in [5.41, 5.74) is 4.08. The number of rotatable bonds is 3. The van der Waals surface area contributed by atoms with Gasteiger partial charge in [-0.3, -0.25) is 9.58 Å². The first-order chi connectivity index (χ1) is 11.3. The fraction of sp³-hybridized carbons (Fsp3) is 0.250. The van der Waals surface area contributed by atoms with Gasteiger partial charge in [0.15, 0.2) is 0 Å². The van der Waals surface area contributed by atoms with Crippen molar-refractivity contribution in [1.82, 2.24) is 14.7 Å². The van der Waals surface area contributed by atoms with E-state index >= 15 is 0 Å². The van der Waals surface area contributed by atoms with Gasteiger partial charge in [0.2, 0.25) is 0 Å². The van der Waals surface area contributed by atoms with E-state index in [1.807, 2.05) is 17.9 Å². The summed E-state index contributed by atoms with van der Waals surface area (Å²) in [6, 6.07) is 17.4. The molecule has 0 amide bonds. The van der Waals surface area contributed by atoms with Crippen molar-refractivity contribution >= 4 is 16.3 Å². The second-order valence-corrected chi connectivity index (χ2v) is 6.19. The average Bonchev–Trinajstić information content (AvgIpc) is 3.02. The molecule has 1 aromatic heterocycles. The molecule has 0 bridgehead atoms. The Morgan fingerprint density at radius 2 is 1.91 bits per heavy atom. The summed E-state index contributed by atoms with van der Waals surface area (Å²) in [5, 5.41) is 6.97. The van der Waals surface area contributed by atoms with Crippen LogP contribution in [0.2, 0.25) is 0 Å². The minimum atomic E-state index is 1.00. The fourth-order valence-corrected chi connectivity index (χ4v) is 3.45. The van der Waals surface area contributed by atoms with Crippen LogP contribution in [0.3, 0.4) is 0 Å². The molecule has 0 N–H and O–H groups in total. The van der Waals surface area contributed by atoms with E-state index < -0.39 is 0 Å². The van der Waals surface area contributed by atoms with E-state index in [0.717, 1.165) is 26.1 Å². The summed E-state index contributed by atoms with van der Waals surface area (Å²) in [7, 11) is 2.01. The van der Waals surface area contributed by atoms with Gasteiger partial charge in [-0.05, 0) is 34.4 Å². The molecule has 0 saturated heterocycles. The van der Waals surface area contributed by atoms with Crippen LogP contribution in [0.5, 0.6) is 0 Å². The first kappa shape index (κ1) is 14.2. The van der Waals surface area contributed by atoms with Crippen LogP contribution < -0.4 is 0 Å². The molecule has 0 aliphatic carbocycles. The van der Waals surface area contributed by atoms with Gasteiger partial charge in [-0.25, -0.2) is 0 Å². The van der Waals surface area contributed by atoms with Crippen molar-refractivity contribution < 1.29 is 0 Å². The molecule has 3 nitrogen and oxygen atoms in total. The molecule has 2 heterocycles. The molecule has 1 aliphatic rings. The van der Waals surface area contributed by atoms with Crippen LogP contribution in [0.4, 0.5) is 0 Å². The molecular weight excluding hydrogens is 282 g/mol. The summed E-state index contributed by atoms with van der Waals surface area (Å²) in [6.45, 7) is 3.11. The van der Waals surface area contributed by atoms with Gasteiger partial charge in [0.1, 0.15) is 0 Å². The van der Waals surface area contributed by atoms with Crippen LogP contribution in [0, 0.1) is 0 Å². The topological polar surface area (TPSA) is 21.1 Å². The molecule has 0 radical (unpaired) electrons. The van der Waals surface area contributed by atoms with Crippen LogP contribution in [0.1, 0.15) is 17.7 Å². The van der Waals surface area contributed by atoms with Gasteiger partial charge in [0.05, 0.1) is 5.69 Å². The number of aryl methyl sites for hydroxylation is 1. The molecule has 0 atom stereocenters. The maximum Gasteiger partial charge on any atom is 0.0636 e. The van der Waals surface area contributed by atoms with Gasteiger partial charge in [-0.15, -0.1) is 0 Å². The summed E-state index contributed by atoms with van der Waals surface area (Å²) in [5.74, 6) is 0. The Morgan fingerprint density at radius 1 is 1.04 bits per heavy atom. The number of hydrogen-bond acceptors (Lipinski definition) is 2. The lowest BCUT2D eigenvalue weighted by atomic mass is 10.0. The molecule has 4 rings (SSSR count). The standard InChI is InChI=1S/C20H21N3/c1-22-20(9-12-21-22)17-10-13-23(14-11-17)15-18-7-4-6-16-5-2-3-8-19(16)18/h2-10,12H,11,13-15H2,1H3. The third-order valence-electron chi connectivity index (χ3n) is 4.72. The van der Waals surface area contributed by atoms with E-state index in [1.54, 1.807) is 0 Å². The number of benzene rings is 2. The van der Waals surface area contributed by atoms with Gasteiger partial charge >= 0.3 is 0 Å². The maximum atomic E-state index is 4.27. The van der Waals surface area contributed by atoms with Crippen LogP contribution in [0.15, 0.2) is 60.8 Å². The molecule has 0 fully saturated rings. The highest BCUT2D eigenvalue weighted by atomic mass is 15.3. The summed E-state index contributed by atoms with van der Waals surface area (Å²) >= 11 is 0. The van der Waals surface area contributed by atoms with Crippen molar-refractivity contribution in [3.63, 3.8) is 0 Å². The van der Waals surface area contributed by atoms with Crippen LogP contribution in [0.25, 0.3) is 16.3 Å². The lowest BCUT2D eigenvalue weighted by Crippen LogP contribution is -2.28. The molecule has 1 aliphatic heterocycles. The highest BCUT2D eigenvalue weighted by Crippen LogP contribution is 2.24. The molecule has 0 spiro atoms. The van der Waals surface area contributed by atoms with E-state index in [4.69, 9.17) is 0 Å². The lowest BCUT2D eigenvalue weighted by molar-refractivity contribution is 0.294. The highest BCUT2D eigenvalue weighted by Gasteiger charge is 2.15. The van der Waals surface area contributed by atoms with Crippen molar-refractivity contribution in [2.45, 2.75) is 13.0 Å². The minimum Gasteiger partial charge on any atom is -0.295 e. The summed E-state index contributed by atoms with van der Waals surface area (Å²) < 4.78 is 1.96. The Labute approximate surface area is 136 Å². The minimum absolute atomic E-state index is 1.00. The zero-order chi connectivity index (χ0) is 15.6. The largest absolute Gasteiger partial charge is 0.295 e. The van der Waals surface area contributed by atoms with E-state index in [0.29, 0.717) is 0 Å². The van der Waals surface area contributed by atoms with Gasteiger partial charge in [-0.2, -0.15) is 5.10 Å². The zero-order valence-electron chi connectivity index (χ0n) is 13.4. The van der Waals surface area contributed by atoms with Gasteiger partial charge in [0.25, 0.3) is 0 Å². The molecule has 0 saturated carbocycles. The molecule has 116 valence electrons. The fourth-order valence-electron chi connectivity index (χ4n) is 3.45. The SMILES string of the molecule is Cn1nccc1C1=CCN(Cc2cccc3ccccc23)CC1. The van der Waals surface area contributed by atoms with Crippen molar-refractivity contribution in [2.24, 2.45) is 7.05 Å². The molecular formula is C20H21N3. The maximum absolute atomic E-state index is 4.27. The summed E-state index contributed by atoms with van der Waals surface area (Å²) in [4.78, 5) is 2.52. The second kappa shape index (κ2) is 6.01. The predicted octanol–water partition coefficient (Wildman–Crippen LogP) is 3.86. The Morgan fingerprint density at radius 3 is 2.70 bits per heavy atom. The Bertz CT molecular complexity index is 855. The normalized spacial score (nSPS) is 15.8. The monoisotopic (exact) mass is 303 g/mol. The molecule has 3 heteroatoms. The van der Waals surface area contributed by atoms with Crippen LogP contribution in [-0.2, 0) is 13.6 Å². The van der Waals surface area contributed by atoms with E-state index in [-0.39, 0.29) is 0 Å². The van der Waals surface area contributed by atoms with Gasteiger partial charge in [0, 0.05) is 32.9 Å². The smallest absolute Gasteiger partial charge is 0.0636 e. The Balaban J connectivity index is 1.53. The number of hydrogen-bond donors (Lipinski definition) is 0. The molecule has 23 heavy (non-hydrogen) atoms. The lowest BCUT2D eigenvalue weighted by Gasteiger charge is -2.27. The quantitative estimate of drug-likeness (QED) is 0.732. The van der Waals surface area contributed by atoms with Crippen molar-refractivity contribution in [2.75, 3.05) is 13.1 Å². The number of nitrogens with zero attached hydrogens (tertiary/aromatic N) is 3. The Hall–Kier alpha value is -2.39. The second-order valence-electron chi connectivity index (χ2n) is 6.19.